The maximum atomic E-state index is 11.6. The molecule has 1 atom stereocenters. The fourth-order valence-corrected chi connectivity index (χ4v) is 1.46. The van der Waals surface area contributed by atoms with Crippen LogP contribution in [0.3, 0.4) is 0 Å². The SMILES string of the molecule is Bc1cncc([C@@H](N)CC(=O)OC(C)(C)C)c1. The highest BCUT2D eigenvalue weighted by atomic mass is 16.6. The van der Waals surface area contributed by atoms with Crippen molar-refractivity contribution in [3.8, 4) is 0 Å². The first-order chi connectivity index (χ1) is 7.78. The van der Waals surface area contributed by atoms with E-state index in [2.05, 4.69) is 4.98 Å². The first-order valence-electron chi connectivity index (χ1n) is 5.67. The Morgan fingerprint density at radius 2 is 2.18 bits per heavy atom. The summed E-state index contributed by atoms with van der Waals surface area (Å²) in [6, 6.07) is 1.57. The van der Waals surface area contributed by atoms with Crippen LogP contribution >= 0.6 is 0 Å². The van der Waals surface area contributed by atoms with Gasteiger partial charge in [0, 0.05) is 18.4 Å². The largest absolute Gasteiger partial charge is 0.460 e. The van der Waals surface area contributed by atoms with Crippen molar-refractivity contribution in [2.24, 2.45) is 5.73 Å². The Balaban J connectivity index is 2.61. The molecule has 0 radical (unpaired) electrons. The summed E-state index contributed by atoms with van der Waals surface area (Å²) in [5.41, 5.74) is 7.36. The molecule has 4 nitrogen and oxygen atoms in total. The van der Waals surface area contributed by atoms with Crippen molar-refractivity contribution in [2.45, 2.75) is 38.8 Å². The van der Waals surface area contributed by atoms with Gasteiger partial charge in [-0.05, 0) is 26.3 Å². The molecule has 0 unspecified atom stereocenters. The molecule has 0 aliphatic rings. The van der Waals surface area contributed by atoms with E-state index in [-0.39, 0.29) is 18.4 Å². The van der Waals surface area contributed by atoms with Gasteiger partial charge >= 0.3 is 5.97 Å². The van der Waals surface area contributed by atoms with Gasteiger partial charge in [0.1, 0.15) is 13.4 Å². The highest BCUT2D eigenvalue weighted by Gasteiger charge is 2.19. The van der Waals surface area contributed by atoms with Crippen molar-refractivity contribution < 1.29 is 9.53 Å². The van der Waals surface area contributed by atoms with Crippen LogP contribution in [0.25, 0.3) is 0 Å². The molecule has 0 fully saturated rings. The van der Waals surface area contributed by atoms with Crippen LogP contribution < -0.4 is 11.2 Å². The van der Waals surface area contributed by atoms with E-state index in [1.54, 1.807) is 12.4 Å². The summed E-state index contributed by atoms with van der Waals surface area (Å²) in [5.74, 6) is -0.286. The summed E-state index contributed by atoms with van der Waals surface area (Å²) in [5, 5.41) is 0. The molecule has 0 bridgehead atoms. The first kappa shape index (κ1) is 13.7. The van der Waals surface area contributed by atoms with Crippen molar-refractivity contribution in [2.75, 3.05) is 0 Å². The summed E-state index contributed by atoms with van der Waals surface area (Å²) < 4.78 is 5.22. The molecule has 0 aromatic carbocycles. The third-order valence-corrected chi connectivity index (χ3v) is 2.13. The standard InChI is InChI=1S/C12H19BN2O2/c1-12(2,3)17-11(16)5-10(14)8-4-9(13)7-15-6-8/h4,6-7,10H,5,13-14H2,1-3H3/t10-/m0/s1. The van der Waals surface area contributed by atoms with Crippen LogP contribution in [0.5, 0.6) is 0 Å². The summed E-state index contributed by atoms with van der Waals surface area (Å²) in [6.07, 6.45) is 3.61. The van der Waals surface area contributed by atoms with E-state index < -0.39 is 5.60 Å². The van der Waals surface area contributed by atoms with Crippen LogP contribution in [-0.4, -0.2) is 24.4 Å². The highest BCUT2D eigenvalue weighted by molar-refractivity contribution is 6.32. The number of ether oxygens (including phenoxy) is 1. The van der Waals surface area contributed by atoms with Crippen LogP contribution in [0.4, 0.5) is 0 Å². The van der Waals surface area contributed by atoms with Crippen LogP contribution in [-0.2, 0) is 9.53 Å². The lowest BCUT2D eigenvalue weighted by atomic mass is 9.95. The third kappa shape index (κ3) is 5.00. The lowest BCUT2D eigenvalue weighted by Gasteiger charge is -2.21. The summed E-state index contributed by atoms with van der Waals surface area (Å²) in [6.45, 7) is 5.51. The minimum atomic E-state index is -0.471. The van der Waals surface area contributed by atoms with Gasteiger partial charge < -0.3 is 10.5 Å². The molecule has 5 heteroatoms. The van der Waals surface area contributed by atoms with E-state index >= 15 is 0 Å². The second kappa shape index (κ2) is 5.32. The van der Waals surface area contributed by atoms with Gasteiger partial charge in [-0.25, -0.2) is 0 Å². The van der Waals surface area contributed by atoms with Gasteiger partial charge in [-0.15, -0.1) is 0 Å². The maximum absolute atomic E-state index is 11.6. The molecule has 0 saturated carbocycles. The zero-order chi connectivity index (χ0) is 13.1. The number of carbonyl (C=O) groups excluding carboxylic acids is 1. The number of nitrogens with zero attached hydrogens (tertiary/aromatic N) is 1. The van der Waals surface area contributed by atoms with E-state index in [9.17, 15) is 4.79 Å². The molecule has 17 heavy (non-hydrogen) atoms. The van der Waals surface area contributed by atoms with E-state index in [1.807, 2.05) is 34.7 Å². The average molecular weight is 234 g/mol. The Kier molecular flexibility index (Phi) is 4.29. The number of carbonyl (C=O) groups is 1. The zero-order valence-corrected chi connectivity index (χ0v) is 10.9. The number of aromatic nitrogens is 1. The van der Waals surface area contributed by atoms with Crippen LogP contribution in [0.1, 0.15) is 38.8 Å². The quantitative estimate of drug-likeness (QED) is 0.593. The van der Waals surface area contributed by atoms with Gasteiger partial charge in [0.25, 0.3) is 0 Å². The molecular formula is C12H19BN2O2. The van der Waals surface area contributed by atoms with Gasteiger partial charge in [-0.2, -0.15) is 0 Å². The smallest absolute Gasteiger partial charge is 0.308 e. The second-order valence-electron chi connectivity index (χ2n) is 5.19. The molecule has 0 aliphatic heterocycles. The fourth-order valence-electron chi connectivity index (χ4n) is 1.46. The normalized spacial score (nSPS) is 13.2. The number of esters is 1. The molecule has 1 heterocycles. The monoisotopic (exact) mass is 234 g/mol. The molecular weight excluding hydrogens is 215 g/mol. The van der Waals surface area contributed by atoms with E-state index in [0.717, 1.165) is 11.0 Å². The number of pyridine rings is 1. The molecule has 1 aromatic rings. The average Bonchev–Trinajstić information content (AvgIpc) is 2.14. The third-order valence-electron chi connectivity index (χ3n) is 2.13. The first-order valence-corrected chi connectivity index (χ1v) is 5.67. The fraction of sp³-hybridized carbons (Fsp3) is 0.500. The minimum Gasteiger partial charge on any atom is -0.460 e. The number of hydrogen-bond donors (Lipinski definition) is 1. The Bertz CT molecular complexity index is 402. The van der Waals surface area contributed by atoms with Crippen LogP contribution in [0, 0.1) is 0 Å². The summed E-state index contributed by atoms with van der Waals surface area (Å²) in [7, 11) is 1.94. The summed E-state index contributed by atoms with van der Waals surface area (Å²) in [4.78, 5) is 15.7. The molecule has 2 N–H and O–H groups in total. The second-order valence-corrected chi connectivity index (χ2v) is 5.19. The van der Waals surface area contributed by atoms with Gasteiger partial charge in [0.15, 0.2) is 0 Å². The summed E-state index contributed by atoms with van der Waals surface area (Å²) >= 11 is 0. The van der Waals surface area contributed by atoms with E-state index in [0.29, 0.717) is 0 Å². The topological polar surface area (TPSA) is 65.2 Å². The van der Waals surface area contributed by atoms with Crippen molar-refractivity contribution in [3.63, 3.8) is 0 Å². The lowest BCUT2D eigenvalue weighted by Crippen LogP contribution is -2.27. The number of nitrogens with two attached hydrogens (primary N) is 1. The molecule has 0 saturated heterocycles. The number of hydrogen-bond acceptors (Lipinski definition) is 4. The van der Waals surface area contributed by atoms with Crippen molar-refractivity contribution >= 4 is 19.3 Å². The number of rotatable bonds is 3. The van der Waals surface area contributed by atoms with Crippen molar-refractivity contribution in [1.82, 2.24) is 4.98 Å². The van der Waals surface area contributed by atoms with Gasteiger partial charge in [0.2, 0.25) is 0 Å². The highest BCUT2D eigenvalue weighted by Crippen LogP contribution is 2.15. The van der Waals surface area contributed by atoms with E-state index in [4.69, 9.17) is 10.5 Å². The minimum absolute atomic E-state index is 0.169. The lowest BCUT2D eigenvalue weighted by molar-refractivity contribution is -0.155. The predicted octanol–water partition coefficient (Wildman–Crippen LogP) is 0.0716. The molecule has 92 valence electrons. The zero-order valence-electron chi connectivity index (χ0n) is 10.9. The Morgan fingerprint density at radius 1 is 1.53 bits per heavy atom. The van der Waals surface area contributed by atoms with Gasteiger partial charge in [0.05, 0.1) is 6.42 Å². The van der Waals surface area contributed by atoms with Crippen LogP contribution in [0.15, 0.2) is 18.5 Å². The van der Waals surface area contributed by atoms with Crippen molar-refractivity contribution in [3.05, 3.63) is 24.0 Å². The van der Waals surface area contributed by atoms with Crippen LogP contribution in [0.2, 0.25) is 0 Å². The van der Waals surface area contributed by atoms with Gasteiger partial charge in [-0.3, -0.25) is 9.78 Å². The van der Waals surface area contributed by atoms with Crippen molar-refractivity contribution in [1.29, 1.82) is 0 Å². The molecule has 1 aromatic heterocycles. The molecule has 0 aliphatic carbocycles. The Morgan fingerprint density at radius 3 is 2.71 bits per heavy atom. The van der Waals surface area contributed by atoms with E-state index in [1.165, 1.54) is 0 Å². The predicted molar refractivity (Wildman–Crippen MR) is 69.8 cm³/mol. The molecule has 1 rings (SSSR count). The Hall–Kier alpha value is -1.36. The Labute approximate surface area is 103 Å². The molecule has 0 amide bonds. The molecule has 0 spiro atoms. The maximum Gasteiger partial charge on any atom is 0.308 e. The van der Waals surface area contributed by atoms with Gasteiger partial charge in [-0.1, -0.05) is 11.5 Å².